The van der Waals surface area contributed by atoms with Gasteiger partial charge in [-0.2, -0.15) is 0 Å². The van der Waals surface area contributed by atoms with E-state index in [1.165, 1.54) is 0 Å². The van der Waals surface area contributed by atoms with Crippen LogP contribution in [0.5, 0.6) is 0 Å². The van der Waals surface area contributed by atoms with Crippen LogP contribution in [-0.2, 0) is 4.79 Å². The fourth-order valence-corrected chi connectivity index (χ4v) is 2.55. The number of hydrogen-bond acceptors (Lipinski definition) is 3. The number of carbonyl (C=O) groups excluding carboxylic acids is 1. The van der Waals surface area contributed by atoms with Crippen LogP contribution < -0.4 is 5.32 Å². The summed E-state index contributed by atoms with van der Waals surface area (Å²) < 4.78 is 0. The fraction of sp³-hybridized carbons (Fsp3) is 0.933. The predicted molar refractivity (Wildman–Crippen MR) is 80.0 cm³/mol. The first-order chi connectivity index (χ1) is 8.85. The quantitative estimate of drug-likeness (QED) is 0.768. The van der Waals surface area contributed by atoms with E-state index in [0.717, 1.165) is 32.4 Å². The van der Waals surface area contributed by atoms with Crippen molar-refractivity contribution in [2.45, 2.75) is 71.6 Å². The minimum Gasteiger partial charge on any atom is -0.326 e. The summed E-state index contributed by atoms with van der Waals surface area (Å²) in [5.41, 5.74) is -0.357. The second-order valence-corrected chi connectivity index (χ2v) is 6.18. The van der Waals surface area contributed by atoms with Gasteiger partial charge in [-0.05, 0) is 53.6 Å². The van der Waals surface area contributed by atoms with Crippen LogP contribution in [-0.4, -0.2) is 53.6 Å². The average Bonchev–Trinajstić information content (AvgIpc) is 2.63. The molecular weight excluding hydrogens is 238 g/mol. The van der Waals surface area contributed by atoms with Crippen LogP contribution in [0, 0.1) is 0 Å². The van der Waals surface area contributed by atoms with E-state index in [4.69, 9.17) is 0 Å². The van der Waals surface area contributed by atoms with Crippen LogP contribution >= 0.6 is 0 Å². The van der Waals surface area contributed by atoms with Crippen molar-refractivity contribution in [2.24, 2.45) is 0 Å². The number of carbonyl (C=O) groups is 1. The standard InChI is InChI=1S/C15H31N3O/c1-7-13-16-15(5,8-2)14(19)18(13)11-9-10-17(6)12(3)4/h12-13,16H,7-11H2,1-6H3. The Kier molecular flexibility index (Phi) is 5.81. The van der Waals surface area contributed by atoms with E-state index >= 15 is 0 Å². The van der Waals surface area contributed by atoms with Crippen molar-refractivity contribution in [1.82, 2.24) is 15.1 Å². The molecule has 4 nitrogen and oxygen atoms in total. The van der Waals surface area contributed by atoms with E-state index in [1.54, 1.807) is 0 Å². The Morgan fingerprint density at radius 2 is 2.05 bits per heavy atom. The number of hydrogen-bond donors (Lipinski definition) is 1. The smallest absolute Gasteiger partial charge is 0.243 e. The van der Waals surface area contributed by atoms with Gasteiger partial charge in [0, 0.05) is 12.6 Å². The lowest BCUT2D eigenvalue weighted by Crippen LogP contribution is -2.43. The first-order valence-electron chi connectivity index (χ1n) is 7.64. The maximum absolute atomic E-state index is 12.5. The number of rotatable bonds is 7. The Bertz CT molecular complexity index is 306. The van der Waals surface area contributed by atoms with Gasteiger partial charge in [-0.1, -0.05) is 13.8 Å². The zero-order valence-corrected chi connectivity index (χ0v) is 13.5. The van der Waals surface area contributed by atoms with Gasteiger partial charge in [0.1, 0.15) is 0 Å². The SMILES string of the molecule is CCC1NC(C)(CC)C(=O)N1CCCN(C)C(C)C. The second-order valence-electron chi connectivity index (χ2n) is 6.18. The molecule has 2 unspecified atom stereocenters. The summed E-state index contributed by atoms with van der Waals surface area (Å²) in [6.45, 7) is 12.5. The highest BCUT2D eigenvalue weighted by Crippen LogP contribution is 2.25. The van der Waals surface area contributed by atoms with Crippen molar-refractivity contribution in [3.63, 3.8) is 0 Å². The van der Waals surface area contributed by atoms with Gasteiger partial charge in [0.25, 0.3) is 0 Å². The molecule has 1 rings (SSSR count). The zero-order chi connectivity index (χ0) is 14.6. The van der Waals surface area contributed by atoms with E-state index in [2.05, 4.69) is 45.0 Å². The monoisotopic (exact) mass is 269 g/mol. The molecule has 0 aromatic carbocycles. The van der Waals surface area contributed by atoms with E-state index in [9.17, 15) is 4.79 Å². The molecule has 0 radical (unpaired) electrons. The molecule has 1 N–H and O–H groups in total. The lowest BCUT2D eigenvalue weighted by Gasteiger charge is -2.26. The number of nitrogens with one attached hydrogen (secondary N) is 1. The molecule has 1 fully saturated rings. The van der Waals surface area contributed by atoms with Gasteiger partial charge in [0.15, 0.2) is 0 Å². The Morgan fingerprint density at radius 3 is 2.53 bits per heavy atom. The molecule has 1 aliphatic heterocycles. The minimum atomic E-state index is -0.357. The lowest BCUT2D eigenvalue weighted by atomic mass is 9.99. The normalized spacial score (nSPS) is 27.9. The molecule has 1 heterocycles. The van der Waals surface area contributed by atoms with Gasteiger partial charge in [-0.25, -0.2) is 0 Å². The Morgan fingerprint density at radius 1 is 1.42 bits per heavy atom. The summed E-state index contributed by atoms with van der Waals surface area (Å²) in [4.78, 5) is 16.9. The molecule has 1 saturated heterocycles. The molecule has 0 aliphatic carbocycles. The number of amides is 1. The van der Waals surface area contributed by atoms with Crippen molar-refractivity contribution >= 4 is 5.91 Å². The third-order valence-electron chi connectivity index (χ3n) is 4.48. The van der Waals surface area contributed by atoms with Crippen molar-refractivity contribution in [2.75, 3.05) is 20.1 Å². The van der Waals surface area contributed by atoms with Crippen molar-refractivity contribution in [3.8, 4) is 0 Å². The van der Waals surface area contributed by atoms with Gasteiger partial charge in [-0.3, -0.25) is 10.1 Å². The van der Waals surface area contributed by atoms with Crippen LogP contribution in [0.25, 0.3) is 0 Å². The topological polar surface area (TPSA) is 35.6 Å². The summed E-state index contributed by atoms with van der Waals surface area (Å²) in [6.07, 6.45) is 3.08. The Balaban J connectivity index is 2.54. The molecule has 2 atom stereocenters. The van der Waals surface area contributed by atoms with Crippen molar-refractivity contribution in [3.05, 3.63) is 0 Å². The van der Waals surface area contributed by atoms with Crippen molar-refractivity contribution in [1.29, 1.82) is 0 Å². The van der Waals surface area contributed by atoms with Gasteiger partial charge < -0.3 is 9.80 Å². The highest BCUT2D eigenvalue weighted by atomic mass is 16.2. The Labute approximate surface area is 118 Å². The van der Waals surface area contributed by atoms with E-state index in [0.29, 0.717) is 6.04 Å². The first kappa shape index (κ1) is 16.4. The maximum atomic E-state index is 12.5. The maximum Gasteiger partial charge on any atom is 0.243 e. The van der Waals surface area contributed by atoms with Gasteiger partial charge in [0.05, 0.1) is 11.7 Å². The summed E-state index contributed by atoms with van der Waals surface area (Å²) in [5.74, 6) is 0.272. The second kappa shape index (κ2) is 6.71. The summed E-state index contributed by atoms with van der Waals surface area (Å²) >= 11 is 0. The average molecular weight is 269 g/mol. The molecular formula is C15H31N3O. The zero-order valence-electron chi connectivity index (χ0n) is 13.5. The predicted octanol–water partition coefficient (Wildman–Crippen LogP) is 2.05. The highest BCUT2D eigenvalue weighted by molar-refractivity contribution is 5.88. The minimum absolute atomic E-state index is 0.210. The summed E-state index contributed by atoms with van der Waals surface area (Å²) in [7, 11) is 2.14. The van der Waals surface area contributed by atoms with Crippen molar-refractivity contribution < 1.29 is 4.79 Å². The molecule has 112 valence electrons. The molecule has 0 aromatic heterocycles. The Hall–Kier alpha value is -0.610. The molecule has 1 amide bonds. The van der Waals surface area contributed by atoms with Crippen LogP contribution in [0.2, 0.25) is 0 Å². The molecule has 0 saturated carbocycles. The number of nitrogens with zero attached hydrogens (tertiary/aromatic N) is 2. The van der Waals surface area contributed by atoms with Gasteiger partial charge in [-0.15, -0.1) is 0 Å². The first-order valence-corrected chi connectivity index (χ1v) is 7.64. The van der Waals surface area contributed by atoms with E-state index in [1.807, 2.05) is 11.8 Å². The third-order valence-corrected chi connectivity index (χ3v) is 4.48. The largest absolute Gasteiger partial charge is 0.326 e. The molecule has 1 aliphatic rings. The highest BCUT2D eigenvalue weighted by Gasteiger charge is 2.45. The molecule has 0 bridgehead atoms. The van der Waals surface area contributed by atoms with E-state index < -0.39 is 0 Å². The summed E-state index contributed by atoms with van der Waals surface area (Å²) in [5, 5.41) is 3.49. The molecule has 0 spiro atoms. The van der Waals surface area contributed by atoms with Crippen LogP contribution in [0.4, 0.5) is 0 Å². The molecule has 19 heavy (non-hydrogen) atoms. The third kappa shape index (κ3) is 3.69. The molecule has 4 heteroatoms. The van der Waals surface area contributed by atoms with Gasteiger partial charge in [0.2, 0.25) is 5.91 Å². The van der Waals surface area contributed by atoms with Crippen LogP contribution in [0.15, 0.2) is 0 Å². The summed E-state index contributed by atoms with van der Waals surface area (Å²) in [6, 6.07) is 0.565. The fourth-order valence-electron chi connectivity index (χ4n) is 2.55. The molecule has 0 aromatic rings. The van der Waals surface area contributed by atoms with E-state index in [-0.39, 0.29) is 17.6 Å². The van der Waals surface area contributed by atoms with Gasteiger partial charge >= 0.3 is 0 Å². The van der Waals surface area contributed by atoms with Crippen LogP contribution in [0.1, 0.15) is 53.9 Å². The lowest BCUT2D eigenvalue weighted by molar-refractivity contribution is -0.133. The van der Waals surface area contributed by atoms with Crippen LogP contribution in [0.3, 0.4) is 0 Å².